The number of benzene rings is 1. The van der Waals surface area contributed by atoms with E-state index in [1.807, 2.05) is 12.1 Å². The van der Waals surface area contributed by atoms with Crippen LogP contribution >= 0.6 is 15.9 Å². The number of hydrogen-bond donors (Lipinski definition) is 2. The van der Waals surface area contributed by atoms with E-state index in [1.54, 1.807) is 16.8 Å². The third kappa shape index (κ3) is 2.19. The van der Waals surface area contributed by atoms with Crippen molar-refractivity contribution in [3.05, 3.63) is 34.6 Å². The molecule has 0 saturated carbocycles. The van der Waals surface area contributed by atoms with Crippen molar-refractivity contribution >= 4 is 21.8 Å². The third-order valence-corrected chi connectivity index (χ3v) is 3.60. The van der Waals surface area contributed by atoms with Crippen molar-refractivity contribution in [2.45, 2.75) is 12.6 Å². The predicted molar refractivity (Wildman–Crippen MR) is 75.4 cm³/mol. The number of halogens is 1. The predicted octanol–water partition coefficient (Wildman–Crippen LogP) is 1.16. The number of rotatable bonds is 2. The molecule has 0 radical (unpaired) electrons. The van der Waals surface area contributed by atoms with E-state index in [-0.39, 0.29) is 12.3 Å². The van der Waals surface area contributed by atoms with Gasteiger partial charge in [0.05, 0.1) is 18.7 Å². The van der Waals surface area contributed by atoms with Gasteiger partial charge in [0.1, 0.15) is 23.4 Å². The number of carbonyl (C=O) groups is 1. The molecule has 7 heteroatoms. The number of aliphatic hydroxyl groups excluding tert-OH is 1. The van der Waals surface area contributed by atoms with Crippen molar-refractivity contribution in [1.82, 2.24) is 9.55 Å². The molecule has 2 aromatic rings. The van der Waals surface area contributed by atoms with Crippen LogP contribution in [0.2, 0.25) is 0 Å². The molecule has 1 aromatic carbocycles. The SMILES string of the molecule is NC(=O)c1cn2c(n1)-c1cc(Br)ccc1OC(CO)C2. The summed E-state index contributed by atoms with van der Waals surface area (Å²) in [5.74, 6) is 0.641. The third-order valence-electron chi connectivity index (χ3n) is 3.11. The van der Waals surface area contributed by atoms with E-state index in [2.05, 4.69) is 20.9 Å². The lowest BCUT2D eigenvalue weighted by atomic mass is 10.2. The van der Waals surface area contributed by atoms with Crippen molar-refractivity contribution in [3.63, 3.8) is 0 Å². The monoisotopic (exact) mass is 337 g/mol. The summed E-state index contributed by atoms with van der Waals surface area (Å²) in [5, 5.41) is 9.38. The number of ether oxygens (including phenoxy) is 1. The maximum atomic E-state index is 11.3. The number of aromatic nitrogens is 2. The molecule has 2 heterocycles. The topological polar surface area (TPSA) is 90.4 Å². The Bertz CT molecular complexity index is 683. The van der Waals surface area contributed by atoms with Gasteiger partial charge < -0.3 is 20.1 Å². The van der Waals surface area contributed by atoms with Crippen LogP contribution < -0.4 is 10.5 Å². The molecule has 3 N–H and O–H groups in total. The molecule has 1 aliphatic rings. The van der Waals surface area contributed by atoms with Crippen LogP contribution in [0, 0.1) is 0 Å². The average Bonchev–Trinajstić information content (AvgIpc) is 2.78. The zero-order valence-electron chi connectivity index (χ0n) is 10.4. The Hall–Kier alpha value is -1.86. The first-order chi connectivity index (χ1) is 9.58. The van der Waals surface area contributed by atoms with Gasteiger partial charge in [-0.3, -0.25) is 4.79 Å². The number of hydrogen-bond acceptors (Lipinski definition) is 4. The Kier molecular flexibility index (Phi) is 3.23. The first-order valence-electron chi connectivity index (χ1n) is 6.03. The van der Waals surface area contributed by atoms with Gasteiger partial charge in [0.15, 0.2) is 0 Å². The maximum absolute atomic E-state index is 11.3. The van der Waals surface area contributed by atoms with E-state index in [9.17, 15) is 9.90 Å². The van der Waals surface area contributed by atoms with Gasteiger partial charge >= 0.3 is 0 Å². The summed E-state index contributed by atoms with van der Waals surface area (Å²) in [6.07, 6.45) is 1.19. The van der Waals surface area contributed by atoms with Gasteiger partial charge in [-0.25, -0.2) is 4.98 Å². The van der Waals surface area contributed by atoms with E-state index in [4.69, 9.17) is 10.5 Å². The molecule has 104 valence electrons. The number of imidazole rings is 1. The van der Waals surface area contributed by atoms with Gasteiger partial charge in [-0.05, 0) is 18.2 Å². The molecule has 1 amide bonds. The number of primary amides is 1. The summed E-state index contributed by atoms with van der Waals surface area (Å²) in [6.45, 7) is 0.275. The molecule has 1 atom stereocenters. The molecular formula is C13H12BrN3O3. The fraction of sp³-hybridized carbons (Fsp3) is 0.231. The lowest BCUT2D eigenvalue weighted by Gasteiger charge is -2.14. The summed E-state index contributed by atoms with van der Waals surface area (Å²) < 4.78 is 8.40. The van der Waals surface area contributed by atoms with Gasteiger partial charge in [0.25, 0.3) is 5.91 Å². The number of amides is 1. The molecule has 1 unspecified atom stereocenters. The quantitative estimate of drug-likeness (QED) is 0.860. The smallest absolute Gasteiger partial charge is 0.268 e. The highest BCUT2D eigenvalue weighted by Crippen LogP contribution is 2.35. The minimum atomic E-state index is -0.580. The second-order valence-electron chi connectivity index (χ2n) is 4.53. The van der Waals surface area contributed by atoms with E-state index >= 15 is 0 Å². The molecule has 1 aromatic heterocycles. The van der Waals surface area contributed by atoms with Crippen LogP contribution in [0.15, 0.2) is 28.9 Å². The summed E-state index contributed by atoms with van der Waals surface area (Å²) >= 11 is 3.40. The molecule has 0 aliphatic carbocycles. The van der Waals surface area contributed by atoms with Crippen LogP contribution in [0.3, 0.4) is 0 Å². The van der Waals surface area contributed by atoms with Crippen molar-refractivity contribution in [2.75, 3.05) is 6.61 Å². The van der Waals surface area contributed by atoms with Gasteiger partial charge in [0.2, 0.25) is 0 Å². The zero-order chi connectivity index (χ0) is 14.3. The first kappa shape index (κ1) is 13.1. The fourth-order valence-corrected chi connectivity index (χ4v) is 2.56. The van der Waals surface area contributed by atoms with E-state index < -0.39 is 12.0 Å². The Morgan fingerprint density at radius 1 is 1.60 bits per heavy atom. The Balaban J connectivity index is 2.21. The van der Waals surface area contributed by atoms with E-state index in [1.165, 1.54) is 0 Å². The second-order valence-corrected chi connectivity index (χ2v) is 5.44. The second kappa shape index (κ2) is 4.92. The number of aliphatic hydroxyl groups is 1. The summed E-state index contributed by atoms with van der Waals surface area (Å²) in [6, 6.07) is 5.51. The van der Waals surface area contributed by atoms with Crippen LogP contribution in [0.4, 0.5) is 0 Å². The zero-order valence-corrected chi connectivity index (χ0v) is 12.0. The van der Waals surface area contributed by atoms with Gasteiger partial charge in [-0.1, -0.05) is 15.9 Å². The van der Waals surface area contributed by atoms with Crippen molar-refractivity contribution in [1.29, 1.82) is 0 Å². The van der Waals surface area contributed by atoms with E-state index in [0.717, 1.165) is 10.0 Å². The summed E-state index contributed by atoms with van der Waals surface area (Å²) in [4.78, 5) is 15.6. The standard InChI is InChI=1S/C13H12BrN3O3/c14-7-1-2-11-9(3-7)13-16-10(12(15)19)5-17(13)4-8(6-18)20-11/h1-3,5,8,18H,4,6H2,(H2,15,19). The fourth-order valence-electron chi connectivity index (χ4n) is 2.20. The largest absolute Gasteiger partial charge is 0.485 e. The lowest BCUT2D eigenvalue weighted by molar-refractivity contribution is 0.0993. The summed E-state index contributed by atoms with van der Waals surface area (Å²) in [7, 11) is 0. The molecule has 0 fully saturated rings. The highest BCUT2D eigenvalue weighted by atomic mass is 79.9. The van der Waals surface area contributed by atoms with Crippen molar-refractivity contribution in [3.8, 4) is 17.1 Å². The normalized spacial score (nSPS) is 16.8. The molecular weight excluding hydrogens is 326 g/mol. The Labute approximate surface area is 123 Å². The minimum absolute atomic E-state index is 0.126. The number of nitrogens with zero attached hydrogens (tertiary/aromatic N) is 2. The Morgan fingerprint density at radius 2 is 2.40 bits per heavy atom. The van der Waals surface area contributed by atoms with Gasteiger partial charge in [-0.15, -0.1) is 0 Å². The lowest BCUT2D eigenvalue weighted by Crippen LogP contribution is -2.25. The van der Waals surface area contributed by atoms with Gasteiger partial charge in [-0.2, -0.15) is 0 Å². The van der Waals surface area contributed by atoms with Crippen LogP contribution in [-0.2, 0) is 6.54 Å². The van der Waals surface area contributed by atoms with Crippen LogP contribution in [0.25, 0.3) is 11.4 Å². The molecule has 20 heavy (non-hydrogen) atoms. The molecule has 6 nitrogen and oxygen atoms in total. The van der Waals surface area contributed by atoms with Crippen LogP contribution in [0.1, 0.15) is 10.5 Å². The average molecular weight is 338 g/mol. The number of carbonyl (C=O) groups excluding carboxylic acids is 1. The highest BCUT2D eigenvalue weighted by Gasteiger charge is 2.24. The van der Waals surface area contributed by atoms with Gasteiger partial charge in [0, 0.05) is 10.7 Å². The summed E-state index contributed by atoms with van der Waals surface area (Å²) in [5.41, 5.74) is 6.23. The molecule has 0 saturated heterocycles. The van der Waals surface area contributed by atoms with Crippen LogP contribution in [0.5, 0.6) is 5.75 Å². The maximum Gasteiger partial charge on any atom is 0.268 e. The minimum Gasteiger partial charge on any atom is -0.485 e. The highest BCUT2D eigenvalue weighted by molar-refractivity contribution is 9.10. The van der Waals surface area contributed by atoms with E-state index in [0.29, 0.717) is 18.1 Å². The Morgan fingerprint density at radius 3 is 3.10 bits per heavy atom. The number of fused-ring (bicyclic) bond motifs is 3. The van der Waals surface area contributed by atoms with Crippen LogP contribution in [-0.4, -0.2) is 33.3 Å². The molecule has 1 aliphatic heterocycles. The van der Waals surface area contributed by atoms with Crippen molar-refractivity contribution < 1.29 is 14.6 Å². The molecule has 0 bridgehead atoms. The first-order valence-corrected chi connectivity index (χ1v) is 6.82. The molecule has 0 spiro atoms. The van der Waals surface area contributed by atoms with Crippen molar-refractivity contribution in [2.24, 2.45) is 5.73 Å². The number of nitrogens with two attached hydrogens (primary N) is 1. The molecule has 3 rings (SSSR count).